The van der Waals surface area contributed by atoms with Crippen LogP contribution in [-0.4, -0.2) is 22.9 Å². The number of hydrogen-bond donors (Lipinski definition) is 2. The molecule has 0 aromatic carbocycles. The molecule has 0 aliphatic heterocycles. The third kappa shape index (κ3) is 3.54. The Bertz CT molecular complexity index is 701. The summed E-state index contributed by atoms with van der Waals surface area (Å²) in [7, 11) is 0. The van der Waals surface area contributed by atoms with Crippen LogP contribution >= 0.6 is 0 Å². The van der Waals surface area contributed by atoms with Crippen LogP contribution in [0.5, 0.6) is 0 Å². The predicted molar refractivity (Wildman–Crippen MR) is 125 cm³/mol. The van der Waals surface area contributed by atoms with E-state index in [-0.39, 0.29) is 24.0 Å². The minimum absolute atomic E-state index is 0.0811. The van der Waals surface area contributed by atoms with Crippen molar-refractivity contribution in [1.29, 1.82) is 0 Å². The van der Waals surface area contributed by atoms with Gasteiger partial charge in [0.15, 0.2) is 0 Å². The number of fused-ring (bicyclic) bond motifs is 4. The van der Waals surface area contributed by atoms with Crippen molar-refractivity contribution < 1.29 is 10.2 Å². The Morgan fingerprint density at radius 2 is 1.87 bits per heavy atom. The van der Waals surface area contributed by atoms with E-state index in [4.69, 9.17) is 0 Å². The average Bonchev–Trinajstić information content (AvgIpc) is 3.05. The first kappa shape index (κ1) is 22.6. The van der Waals surface area contributed by atoms with Crippen molar-refractivity contribution in [2.75, 3.05) is 6.61 Å². The molecule has 2 saturated carbocycles. The van der Waals surface area contributed by atoms with Crippen LogP contribution in [0.3, 0.4) is 0 Å². The molecule has 0 bridgehead atoms. The van der Waals surface area contributed by atoms with Gasteiger partial charge in [0.25, 0.3) is 0 Å². The van der Waals surface area contributed by atoms with Crippen LogP contribution in [0.15, 0.2) is 22.8 Å². The lowest BCUT2D eigenvalue weighted by Gasteiger charge is -2.57. The van der Waals surface area contributed by atoms with E-state index in [9.17, 15) is 10.2 Å². The number of aliphatic hydroxyl groups excluding tert-OH is 2. The van der Waals surface area contributed by atoms with E-state index in [0.717, 1.165) is 30.6 Å². The SMILES string of the molecule is CC(C)=CCC[C@@H](C)[C@H]1CC[C@H]2C3=C(CC[C@]12C)[C@@]1(C)CC[C@H](O)C(CO)[C@@H]1CC3. The summed E-state index contributed by atoms with van der Waals surface area (Å²) in [6.07, 6.45) is 14.5. The molecule has 0 amide bonds. The van der Waals surface area contributed by atoms with Crippen LogP contribution in [-0.2, 0) is 0 Å². The predicted octanol–water partition coefficient (Wildman–Crippen LogP) is 6.67. The molecule has 0 heterocycles. The van der Waals surface area contributed by atoms with Gasteiger partial charge in [0.1, 0.15) is 0 Å². The Balaban J connectivity index is 1.57. The molecule has 4 aliphatic carbocycles. The van der Waals surface area contributed by atoms with Crippen molar-refractivity contribution in [3.8, 4) is 0 Å². The second-order valence-corrected chi connectivity index (χ2v) is 12.1. The van der Waals surface area contributed by atoms with Gasteiger partial charge in [-0.1, -0.05) is 43.6 Å². The molecule has 0 spiro atoms. The van der Waals surface area contributed by atoms with Crippen LogP contribution in [0.2, 0.25) is 0 Å². The zero-order valence-corrected chi connectivity index (χ0v) is 20.2. The first-order chi connectivity index (χ1) is 14.2. The second kappa shape index (κ2) is 8.39. The second-order valence-electron chi connectivity index (χ2n) is 12.1. The summed E-state index contributed by atoms with van der Waals surface area (Å²) in [6.45, 7) is 12.2. The molecule has 2 N–H and O–H groups in total. The van der Waals surface area contributed by atoms with Crippen LogP contribution in [0.25, 0.3) is 0 Å². The van der Waals surface area contributed by atoms with Gasteiger partial charge in [-0.2, -0.15) is 0 Å². The van der Waals surface area contributed by atoms with E-state index in [2.05, 4.69) is 40.7 Å². The quantitative estimate of drug-likeness (QED) is 0.493. The molecular formula is C28H46O2. The van der Waals surface area contributed by atoms with Crippen LogP contribution < -0.4 is 0 Å². The minimum Gasteiger partial charge on any atom is -0.396 e. The molecule has 0 aromatic heterocycles. The topological polar surface area (TPSA) is 40.5 Å². The lowest BCUT2D eigenvalue weighted by atomic mass is 9.48. The molecule has 0 saturated heterocycles. The summed E-state index contributed by atoms with van der Waals surface area (Å²) in [5, 5.41) is 20.6. The number of aliphatic hydroxyl groups is 2. The maximum absolute atomic E-state index is 10.5. The highest BCUT2D eigenvalue weighted by Crippen LogP contribution is 2.66. The third-order valence-electron chi connectivity index (χ3n) is 10.4. The molecule has 0 aromatic rings. The van der Waals surface area contributed by atoms with E-state index in [1.165, 1.54) is 56.9 Å². The van der Waals surface area contributed by atoms with E-state index in [1.54, 1.807) is 5.57 Å². The van der Waals surface area contributed by atoms with Crippen molar-refractivity contribution >= 4 is 0 Å². The normalized spacial score (nSPS) is 44.2. The number of rotatable bonds is 5. The molecule has 2 fully saturated rings. The molecule has 30 heavy (non-hydrogen) atoms. The molecule has 170 valence electrons. The van der Waals surface area contributed by atoms with E-state index >= 15 is 0 Å². The summed E-state index contributed by atoms with van der Waals surface area (Å²) < 4.78 is 0. The summed E-state index contributed by atoms with van der Waals surface area (Å²) in [5.74, 6) is 3.01. The molecule has 1 unspecified atom stereocenters. The van der Waals surface area contributed by atoms with Crippen LogP contribution in [0.4, 0.5) is 0 Å². The largest absolute Gasteiger partial charge is 0.396 e. The fraction of sp³-hybridized carbons (Fsp3) is 0.857. The van der Waals surface area contributed by atoms with Crippen LogP contribution in [0, 0.1) is 40.4 Å². The summed E-state index contributed by atoms with van der Waals surface area (Å²) in [4.78, 5) is 0. The number of hydrogen-bond acceptors (Lipinski definition) is 2. The van der Waals surface area contributed by atoms with Gasteiger partial charge in [0, 0.05) is 12.5 Å². The van der Waals surface area contributed by atoms with E-state index < -0.39 is 0 Å². The first-order valence-corrected chi connectivity index (χ1v) is 12.9. The maximum atomic E-state index is 10.5. The van der Waals surface area contributed by atoms with Gasteiger partial charge in [-0.3, -0.25) is 0 Å². The van der Waals surface area contributed by atoms with E-state index in [1.807, 2.05) is 5.57 Å². The third-order valence-corrected chi connectivity index (χ3v) is 10.4. The van der Waals surface area contributed by atoms with E-state index in [0.29, 0.717) is 11.3 Å². The average molecular weight is 415 g/mol. The van der Waals surface area contributed by atoms with Gasteiger partial charge in [0.2, 0.25) is 0 Å². The fourth-order valence-corrected chi connectivity index (χ4v) is 8.76. The standard InChI is InChI=1S/C28H46O2/c1-18(2)7-6-8-19(3)22-11-12-23-20-9-10-24-21(17-29)26(30)14-16-28(24,5)25(20)13-15-27(22,23)4/h7,19,21-24,26,29-30H,6,8-17H2,1-5H3/t19-,21?,22-,23+,24+,26+,27-,28+/m1/s1. The fourth-order valence-electron chi connectivity index (χ4n) is 8.76. The van der Waals surface area contributed by atoms with Crippen molar-refractivity contribution in [1.82, 2.24) is 0 Å². The van der Waals surface area contributed by atoms with Gasteiger partial charge < -0.3 is 10.2 Å². The summed E-state index contributed by atoms with van der Waals surface area (Å²) in [6, 6.07) is 0. The monoisotopic (exact) mass is 414 g/mol. The minimum atomic E-state index is -0.304. The maximum Gasteiger partial charge on any atom is 0.0593 e. The summed E-state index contributed by atoms with van der Waals surface area (Å²) >= 11 is 0. The molecule has 4 rings (SSSR count). The molecule has 2 nitrogen and oxygen atoms in total. The highest BCUT2D eigenvalue weighted by molar-refractivity contribution is 5.35. The van der Waals surface area contributed by atoms with Crippen molar-refractivity contribution in [3.63, 3.8) is 0 Å². The van der Waals surface area contributed by atoms with Gasteiger partial charge in [-0.25, -0.2) is 0 Å². The van der Waals surface area contributed by atoms with Gasteiger partial charge >= 0.3 is 0 Å². The Morgan fingerprint density at radius 1 is 1.10 bits per heavy atom. The van der Waals surface area contributed by atoms with Gasteiger partial charge in [-0.05, 0) is 113 Å². The lowest BCUT2D eigenvalue weighted by Crippen LogP contribution is -2.50. The lowest BCUT2D eigenvalue weighted by molar-refractivity contribution is -0.0619. The highest BCUT2D eigenvalue weighted by Gasteiger charge is 2.57. The van der Waals surface area contributed by atoms with Crippen molar-refractivity contribution in [2.24, 2.45) is 40.4 Å². The van der Waals surface area contributed by atoms with Crippen LogP contribution in [0.1, 0.15) is 98.8 Å². The van der Waals surface area contributed by atoms with Gasteiger partial charge in [-0.15, -0.1) is 0 Å². The zero-order chi connectivity index (χ0) is 21.7. The molecule has 0 radical (unpaired) electrons. The Labute approximate surface area is 185 Å². The smallest absolute Gasteiger partial charge is 0.0593 e. The Morgan fingerprint density at radius 3 is 2.57 bits per heavy atom. The Kier molecular flexibility index (Phi) is 6.32. The first-order valence-electron chi connectivity index (χ1n) is 12.9. The number of allylic oxidation sites excluding steroid dienone is 4. The highest BCUT2D eigenvalue weighted by atomic mass is 16.3. The van der Waals surface area contributed by atoms with Crippen molar-refractivity contribution in [3.05, 3.63) is 22.8 Å². The van der Waals surface area contributed by atoms with Crippen molar-refractivity contribution in [2.45, 2.75) is 105 Å². The molecule has 8 atom stereocenters. The van der Waals surface area contributed by atoms with Gasteiger partial charge in [0.05, 0.1) is 6.10 Å². The molecule has 4 aliphatic rings. The molecule has 2 heteroatoms. The zero-order valence-electron chi connectivity index (χ0n) is 20.2. The molecular weight excluding hydrogens is 368 g/mol. The Hall–Kier alpha value is -0.600. The summed E-state index contributed by atoms with van der Waals surface area (Å²) in [5.41, 5.74) is 5.75.